The average molecular weight is 271 g/mol. The fourth-order valence-corrected chi connectivity index (χ4v) is 1.81. The summed E-state index contributed by atoms with van der Waals surface area (Å²) in [5, 5.41) is 9.81. The number of amides is 3. The second kappa shape index (κ2) is 8.35. The SMILES string of the molecule is CCOC(=O)NCCNC(=O)NCc1cccs1. The number of urea groups is 1. The maximum Gasteiger partial charge on any atom is 0.407 e. The van der Waals surface area contributed by atoms with Crippen molar-refractivity contribution in [2.24, 2.45) is 0 Å². The third kappa shape index (κ3) is 6.09. The van der Waals surface area contributed by atoms with E-state index in [9.17, 15) is 9.59 Å². The Kier molecular flexibility index (Phi) is 6.63. The van der Waals surface area contributed by atoms with Crippen LogP contribution in [-0.4, -0.2) is 31.8 Å². The molecular formula is C11H17N3O3S. The van der Waals surface area contributed by atoms with Crippen LogP contribution in [0.3, 0.4) is 0 Å². The topological polar surface area (TPSA) is 79.5 Å². The number of hydrogen-bond acceptors (Lipinski definition) is 4. The van der Waals surface area contributed by atoms with Gasteiger partial charge in [-0.3, -0.25) is 0 Å². The molecule has 3 N–H and O–H groups in total. The summed E-state index contributed by atoms with van der Waals surface area (Å²) in [4.78, 5) is 23.3. The number of ether oxygens (including phenoxy) is 1. The molecular weight excluding hydrogens is 254 g/mol. The van der Waals surface area contributed by atoms with E-state index in [4.69, 9.17) is 0 Å². The Labute approximate surface area is 110 Å². The number of rotatable bonds is 6. The minimum absolute atomic E-state index is 0.256. The van der Waals surface area contributed by atoms with Crippen LogP contribution in [0.25, 0.3) is 0 Å². The van der Waals surface area contributed by atoms with Crippen molar-refractivity contribution in [2.45, 2.75) is 13.5 Å². The van der Waals surface area contributed by atoms with Crippen LogP contribution in [0.2, 0.25) is 0 Å². The summed E-state index contributed by atoms with van der Waals surface area (Å²) in [7, 11) is 0. The Bertz CT molecular complexity index is 368. The van der Waals surface area contributed by atoms with Crippen molar-refractivity contribution in [3.63, 3.8) is 0 Å². The maximum absolute atomic E-state index is 11.3. The van der Waals surface area contributed by atoms with Gasteiger partial charge in [-0.15, -0.1) is 11.3 Å². The van der Waals surface area contributed by atoms with Gasteiger partial charge in [0.05, 0.1) is 13.2 Å². The quantitative estimate of drug-likeness (QED) is 0.682. The van der Waals surface area contributed by atoms with Crippen LogP contribution < -0.4 is 16.0 Å². The van der Waals surface area contributed by atoms with Gasteiger partial charge in [-0.2, -0.15) is 0 Å². The van der Waals surface area contributed by atoms with E-state index in [1.165, 1.54) is 0 Å². The molecule has 0 aliphatic heterocycles. The molecule has 100 valence electrons. The zero-order valence-corrected chi connectivity index (χ0v) is 11.0. The summed E-state index contributed by atoms with van der Waals surface area (Å²) in [6, 6.07) is 3.63. The lowest BCUT2D eigenvalue weighted by Gasteiger charge is -2.07. The van der Waals surface area contributed by atoms with Crippen molar-refractivity contribution in [1.29, 1.82) is 0 Å². The molecule has 1 aromatic heterocycles. The Morgan fingerprint density at radius 1 is 1.28 bits per heavy atom. The van der Waals surface area contributed by atoms with E-state index in [1.807, 2.05) is 17.5 Å². The summed E-state index contributed by atoms with van der Waals surface area (Å²) in [6.45, 7) is 3.27. The first-order valence-electron chi connectivity index (χ1n) is 5.67. The summed E-state index contributed by atoms with van der Waals surface area (Å²) in [5.74, 6) is 0. The first-order valence-corrected chi connectivity index (χ1v) is 6.55. The molecule has 7 heteroatoms. The summed E-state index contributed by atoms with van der Waals surface area (Å²) >= 11 is 1.59. The van der Waals surface area contributed by atoms with Crippen LogP contribution in [-0.2, 0) is 11.3 Å². The smallest absolute Gasteiger partial charge is 0.407 e. The molecule has 1 aromatic rings. The van der Waals surface area contributed by atoms with Crippen molar-refractivity contribution < 1.29 is 14.3 Å². The molecule has 0 spiro atoms. The first kappa shape index (κ1) is 14.3. The van der Waals surface area contributed by atoms with Gasteiger partial charge in [0.1, 0.15) is 0 Å². The van der Waals surface area contributed by atoms with Gasteiger partial charge in [-0.05, 0) is 18.4 Å². The largest absolute Gasteiger partial charge is 0.450 e. The highest BCUT2D eigenvalue weighted by molar-refractivity contribution is 7.09. The van der Waals surface area contributed by atoms with Gasteiger partial charge in [-0.25, -0.2) is 9.59 Å². The number of carbonyl (C=O) groups excluding carboxylic acids is 2. The summed E-state index contributed by atoms with van der Waals surface area (Å²) in [6.07, 6.45) is -0.474. The molecule has 3 amide bonds. The highest BCUT2D eigenvalue weighted by atomic mass is 32.1. The first-order chi connectivity index (χ1) is 8.72. The highest BCUT2D eigenvalue weighted by Gasteiger charge is 2.01. The second-order valence-electron chi connectivity index (χ2n) is 3.34. The van der Waals surface area contributed by atoms with Crippen molar-refractivity contribution in [3.8, 4) is 0 Å². The third-order valence-corrected chi connectivity index (χ3v) is 2.83. The van der Waals surface area contributed by atoms with Gasteiger partial charge < -0.3 is 20.7 Å². The van der Waals surface area contributed by atoms with Gasteiger partial charge >= 0.3 is 12.1 Å². The van der Waals surface area contributed by atoms with Crippen LogP contribution >= 0.6 is 11.3 Å². The third-order valence-electron chi connectivity index (χ3n) is 1.96. The molecule has 0 aliphatic carbocycles. The van der Waals surface area contributed by atoms with E-state index in [1.54, 1.807) is 18.3 Å². The molecule has 18 heavy (non-hydrogen) atoms. The number of thiophene rings is 1. The monoisotopic (exact) mass is 271 g/mol. The van der Waals surface area contributed by atoms with Gasteiger partial charge in [0.2, 0.25) is 0 Å². The van der Waals surface area contributed by atoms with E-state index in [0.717, 1.165) is 4.88 Å². The molecule has 0 bridgehead atoms. The molecule has 0 unspecified atom stereocenters. The molecule has 0 aliphatic rings. The van der Waals surface area contributed by atoms with Crippen molar-refractivity contribution in [3.05, 3.63) is 22.4 Å². The van der Waals surface area contributed by atoms with Crippen molar-refractivity contribution >= 4 is 23.5 Å². The van der Waals surface area contributed by atoms with Crippen LogP contribution in [0.1, 0.15) is 11.8 Å². The lowest BCUT2D eigenvalue weighted by Crippen LogP contribution is -2.40. The Balaban J connectivity index is 2.01. The summed E-state index contributed by atoms with van der Waals surface area (Å²) in [5.41, 5.74) is 0. The zero-order chi connectivity index (χ0) is 13.2. The van der Waals surface area contributed by atoms with Gasteiger partial charge in [-0.1, -0.05) is 6.07 Å². The molecule has 0 saturated carbocycles. The Morgan fingerprint density at radius 2 is 2.06 bits per heavy atom. The van der Waals surface area contributed by atoms with E-state index < -0.39 is 6.09 Å². The normalized spacial score (nSPS) is 9.61. The zero-order valence-electron chi connectivity index (χ0n) is 10.2. The number of hydrogen-bond donors (Lipinski definition) is 3. The van der Waals surface area contributed by atoms with Crippen LogP contribution in [0, 0.1) is 0 Å². The van der Waals surface area contributed by atoms with E-state index in [0.29, 0.717) is 26.2 Å². The van der Waals surface area contributed by atoms with E-state index >= 15 is 0 Å². The minimum atomic E-state index is -0.474. The van der Waals surface area contributed by atoms with Crippen LogP contribution in [0.4, 0.5) is 9.59 Å². The molecule has 0 saturated heterocycles. The average Bonchev–Trinajstić information content (AvgIpc) is 2.85. The van der Waals surface area contributed by atoms with Crippen molar-refractivity contribution in [1.82, 2.24) is 16.0 Å². The summed E-state index contributed by atoms with van der Waals surface area (Å²) < 4.78 is 4.67. The molecule has 6 nitrogen and oxygen atoms in total. The molecule has 1 rings (SSSR count). The lowest BCUT2D eigenvalue weighted by atomic mass is 10.5. The van der Waals surface area contributed by atoms with Crippen LogP contribution in [0.15, 0.2) is 17.5 Å². The standard InChI is InChI=1S/C11H17N3O3S/c1-2-17-11(16)13-6-5-12-10(15)14-8-9-4-3-7-18-9/h3-4,7H,2,5-6,8H2,1H3,(H,13,16)(H2,12,14,15). The fraction of sp³-hybridized carbons (Fsp3) is 0.455. The van der Waals surface area contributed by atoms with E-state index in [2.05, 4.69) is 20.7 Å². The van der Waals surface area contributed by atoms with Crippen molar-refractivity contribution in [2.75, 3.05) is 19.7 Å². The molecule has 0 fully saturated rings. The van der Waals surface area contributed by atoms with Gasteiger partial charge in [0, 0.05) is 18.0 Å². The second-order valence-corrected chi connectivity index (χ2v) is 4.37. The molecule has 0 atom stereocenters. The number of carbonyl (C=O) groups is 2. The maximum atomic E-state index is 11.3. The van der Waals surface area contributed by atoms with Crippen LogP contribution in [0.5, 0.6) is 0 Å². The predicted octanol–water partition coefficient (Wildman–Crippen LogP) is 1.29. The molecule has 0 radical (unpaired) electrons. The van der Waals surface area contributed by atoms with Gasteiger partial charge in [0.25, 0.3) is 0 Å². The Morgan fingerprint density at radius 3 is 2.72 bits per heavy atom. The fourth-order valence-electron chi connectivity index (χ4n) is 1.17. The van der Waals surface area contributed by atoms with E-state index in [-0.39, 0.29) is 6.03 Å². The number of nitrogens with one attached hydrogen (secondary N) is 3. The molecule has 1 heterocycles. The highest BCUT2D eigenvalue weighted by Crippen LogP contribution is 2.06. The predicted molar refractivity (Wildman–Crippen MR) is 69.6 cm³/mol. The minimum Gasteiger partial charge on any atom is -0.450 e. The lowest BCUT2D eigenvalue weighted by molar-refractivity contribution is 0.152. The molecule has 0 aromatic carbocycles. The number of alkyl carbamates (subject to hydrolysis) is 1. The van der Waals surface area contributed by atoms with Gasteiger partial charge in [0.15, 0.2) is 0 Å². The Hall–Kier alpha value is -1.76.